The highest BCUT2D eigenvalue weighted by atomic mass is 32.2. The summed E-state index contributed by atoms with van der Waals surface area (Å²) in [7, 11) is -2.15. The minimum Gasteiger partial charge on any atom is -0.369 e. The number of hydrogen-bond acceptors (Lipinski definition) is 5. The predicted molar refractivity (Wildman–Crippen MR) is 107 cm³/mol. The molecule has 0 saturated heterocycles. The molecule has 142 valence electrons. The standard InChI is InChI=1S/C18H19N3O4S2/c1-20-27(24,25)14-9-6-13(7-10-14)8-11-18(23)21-15-4-2-3-5-16(15)26-12-17(19)22/h2-11,20H,12H2,1H3,(H2,19,22)(H,21,23)/b11-8+. The second-order valence-corrected chi connectivity index (χ2v) is 8.25. The summed E-state index contributed by atoms with van der Waals surface area (Å²) in [6, 6.07) is 13.2. The zero-order valence-corrected chi connectivity index (χ0v) is 16.1. The van der Waals surface area contributed by atoms with E-state index in [1.54, 1.807) is 42.5 Å². The molecular formula is C18H19N3O4S2. The summed E-state index contributed by atoms with van der Waals surface area (Å²) >= 11 is 1.24. The minimum atomic E-state index is -3.49. The van der Waals surface area contributed by atoms with Crippen LogP contribution in [0.5, 0.6) is 0 Å². The van der Waals surface area contributed by atoms with Gasteiger partial charge in [-0.3, -0.25) is 9.59 Å². The van der Waals surface area contributed by atoms with Crippen LogP contribution in [-0.2, 0) is 19.6 Å². The lowest BCUT2D eigenvalue weighted by Crippen LogP contribution is -2.18. The van der Waals surface area contributed by atoms with E-state index in [1.807, 2.05) is 0 Å². The molecule has 27 heavy (non-hydrogen) atoms. The molecule has 0 spiro atoms. The van der Waals surface area contributed by atoms with Crippen molar-refractivity contribution in [3.8, 4) is 0 Å². The molecule has 2 aromatic carbocycles. The van der Waals surface area contributed by atoms with Crippen molar-refractivity contribution in [1.29, 1.82) is 0 Å². The highest BCUT2D eigenvalue weighted by molar-refractivity contribution is 8.00. The van der Waals surface area contributed by atoms with Crippen LogP contribution in [0.3, 0.4) is 0 Å². The fraction of sp³-hybridized carbons (Fsp3) is 0.111. The summed E-state index contributed by atoms with van der Waals surface area (Å²) in [4.78, 5) is 24.0. The Morgan fingerprint density at radius 2 is 1.78 bits per heavy atom. The normalized spacial score (nSPS) is 11.4. The average molecular weight is 406 g/mol. The van der Waals surface area contributed by atoms with Gasteiger partial charge in [-0.25, -0.2) is 13.1 Å². The second-order valence-electron chi connectivity index (χ2n) is 5.35. The van der Waals surface area contributed by atoms with E-state index < -0.39 is 15.9 Å². The number of nitrogens with one attached hydrogen (secondary N) is 2. The molecule has 2 aromatic rings. The van der Waals surface area contributed by atoms with Crippen LogP contribution in [-0.4, -0.2) is 33.0 Å². The number of rotatable bonds is 8. The van der Waals surface area contributed by atoms with Gasteiger partial charge in [-0.1, -0.05) is 24.3 Å². The van der Waals surface area contributed by atoms with E-state index in [-0.39, 0.29) is 16.6 Å². The molecule has 0 aromatic heterocycles. The third-order valence-corrected chi connectivity index (χ3v) is 5.93. The summed E-state index contributed by atoms with van der Waals surface area (Å²) in [5.74, 6) is -0.677. The molecular weight excluding hydrogens is 386 g/mol. The minimum absolute atomic E-state index is 0.116. The van der Waals surface area contributed by atoms with E-state index in [0.29, 0.717) is 11.3 Å². The topological polar surface area (TPSA) is 118 Å². The third-order valence-electron chi connectivity index (χ3n) is 3.40. The average Bonchev–Trinajstić information content (AvgIpc) is 2.66. The number of amides is 2. The molecule has 0 radical (unpaired) electrons. The van der Waals surface area contributed by atoms with Crippen molar-refractivity contribution in [2.45, 2.75) is 9.79 Å². The van der Waals surface area contributed by atoms with E-state index in [1.165, 1.54) is 37.0 Å². The molecule has 0 heterocycles. The van der Waals surface area contributed by atoms with Crippen LogP contribution in [0.2, 0.25) is 0 Å². The molecule has 0 aliphatic rings. The van der Waals surface area contributed by atoms with E-state index in [4.69, 9.17) is 5.73 Å². The van der Waals surface area contributed by atoms with Gasteiger partial charge in [0.15, 0.2) is 0 Å². The van der Waals surface area contributed by atoms with Crippen molar-refractivity contribution in [2.24, 2.45) is 5.73 Å². The number of sulfonamides is 1. The first kappa shape index (κ1) is 20.7. The quantitative estimate of drug-likeness (QED) is 0.457. The number of anilines is 1. The molecule has 0 saturated carbocycles. The van der Waals surface area contributed by atoms with E-state index >= 15 is 0 Å². The highest BCUT2D eigenvalue weighted by Crippen LogP contribution is 2.26. The molecule has 2 rings (SSSR count). The molecule has 4 N–H and O–H groups in total. The van der Waals surface area contributed by atoms with Gasteiger partial charge in [0.2, 0.25) is 21.8 Å². The van der Waals surface area contributed by atoms with Crippen molar-refractivity contribution in [3.63, 3.8) is 0 Å². The molecule has 0 unspecified atom stereocenters. The number of nitrogens with two attached hydrogens (primary N) is 1. The molecule has 0 aliphatic heterocycles. The van der Waals surface area contributed by atoms with Gasteiger partial charge in [-0.2, -0.15) is 0 Å². The van der Waals surface area contributed by atoms with Crippen molar-refractivity contribution in [2.75, 3.05) is 18.1 Å². The third kappa shape index (κ3) is 6.24. The highest BCUT2D eigenvalue weighted by Gasteiger charge is 2.10. The number of benzene rings is 2. The molecule has 9 heteroatoms. The Hall–Kier alpha value is -2.62. The van der Waals surface area contributed by atoms with Crippen LogP contribution in [0.15, 0.2) is 64.4 Å². The van der Waals surface area contributed by atoms with Gasteiger partial charge in [-0.15, -0.1) is 11.8 Å². The second kappa shape index (κ2) is 9.36. The Bertz CT molecular complexity index is 955. The lowest BCUT2D eigenvalue weighted by Gasteiger charge is -2.08. The number of carbonyl (C=O) groups excluding carboxylic acids is 2. The lowest BCUT2D eigenvalue weighted by molar-refractivity contribution is -0.115. The van der Waals surface area contributed by atoms with Crippen LogP contribution < -0.4 is 15.8 Å². The smallest absolute Gasteiger partial charge is 0.248 e. The van der Waals surface area contributed by atoms with E-state index in [2.05, 4.69) is 10.0 Å². The molecule has 0 atom stereocenters. The molecule has 0 fully saturated rings. The largest absolute Gasteiger partial charge is 0.369 e. The number of carbonyl (C=O) groups is 2. The fourth-order valence-electron chi connectivity index (χ4n) is 2.07. The van der Waals surface area contributed by atoms with Crippen LogP contribution >= 0.6 is 11.8 Å². The van der Waals surface area contributed by atoms with E-state index in [0.717, 1.165) is 4.90 Å². The molecule has 0 aliphatic carbocycles. The zero-order valence-electron chi connectivity index (χ0n) is 14.5. The summed E-state index contributed by atoms with van der Waals surface area (Å²) in [6.45, 7) is 0. The van der Waals surface area contributed by atoms with Crippen molar-refractivity contribution in [1.82, 2.24) is 4.72 Å². The molecule has 7 nitrogen and oxygen atoms in total. The summed E-state index contributed by atoms with van der Waals surface area (Å²) in [5, 5.41) is 2.74. The maximum absolute atomic E-state index is 12.1. The number of primary amides is 1. The summed E-state index contributed by atoms with van der Waals surface area (Å²) < 4.78 is 25.6. The first-order chi connectivity index (χ1) is 12.8. The maximum atomic E-state index is 12.1. The van der Waals surface area contributed by atoms with Gasteiger partial charge >= 0.3 is 0 Å². The maximum Gasteiger partial charge on any atom is 0.248 e. The van der Waals surface area contributed by atoms with Gasteiger partial charge in [0.1, 0.15) is 0 Å². The number of hydrogen-bond donors (Lipinski definition) is 3. The van der Waals surface area contributed by atoms with Gasteiger partial charge < -0.3 is 11.1 Å². The van der Waals surface area contributed by atoms with Crippen LogP contribution in [0.1, 0.15) is 5.56 Å². The Morgan fingerprint density at radius 3 is 2.41 bits per heavy atom. The van der Waals surface area contributed by atoms with Crippen LogP contribution in [0.25, 0.3) is 6.08 Å². The number of thioether (sulfide) groups is 1. The lowest BCUT2D eigenvalue weighted by atomic mass is 10.2. The van der Waals surface area contributed by atoms with Crippen molar-refractivity contribution in [3.05, 3.63) is 60.2 Å². The number of para-hydroxylation sites is 1. The Balaban J connectivity index is 2.05. The van der Waals surface area contributed by atoms with Crippen LogP contribution in [0, 0.1) is 0 Å². The van der Waals surface area contributed by atoms with E-state index in [9.17, 15) is 18.0 Å². The van der Waals surface area contributed by atoms with Gasteiger partial charge in [0.25, 0.3) is 0 Å². The van der Waals surface area contributed by atoms with Gasteiger partial charge in [-0.05, 0) is 43.0 Å². The van der Waals surface area contributed by atoms with Crippen molar-refractivity contribution >= 4 is 45.4 Å². The van der Waals surface area contributed by atoms with Crippen molar-refractivity contribution < 1.29 is 18.0 Å². The predicted octanol–water partition coefficient (Wildman–Crippen LogP) is 1.82. The Kier molecular flexibility index (Phi) is 7.17. The first-order valence-electron chi connectivity index (χ1n) is 7.84. The molecule has 0 bridgehead atoms. The molecule has 2 amide bonds. The summed E-state index contributed by atoms with van der Waals surface area (Å²) in [5.41, 5.74) is 6.41. The summed E-state index contributed by atoms with van der Waals surface area (Å²) in [6.07, 6.45) is 2.92. The van der Waals surface area contributed by atoms with Crippen LogP contribution in [0.4, 0.5) is 5.69 Å². The monoisotopic (exact) mass is 405 g/mol. The van der Waals surface area contributed by atoms with Gasteiger partial charge in [0.05, 0.1) is 16.3 Å². The van der Waals surface area contributed by atoms with Gasteiger partial charge in [0, 0.05) is 11.0 Å². The SMILES string of the molecule is CNS(=O)(=O)c1ccc(/C=C/C(=O)Nc2ccccc2SCC(N)=O)cc1. The Labute approximate surface area is 162 Å². The Morgan fingerprint density at radius 1 is 1.11 bits per heavy atom. The fourth-order valence-corrected chi connectivity index (χ4v) is 3.54. The first-order valence-corrected chi connectivity index (χ1v) is 10.3. The zero-order chi connectivity index (χ0) is 19.9.